The van der Waals surface area contributed by atoms with Crippen LogP contribution in [0, 0.1) is 5.82 Å². The first-order chi connectivity index (χ1) is 10.3. The topological polar surface area (TPSA) is 49.3 Å². The molecule has 2 N–H and O–H groups in total. The molecular formula is C14H18BBr3FNO2. The van der Waals surface area contributed by atoms with Crippen molar-refractivity contribution in [3.8, 4) is 5.75 Å². The second-order valence-electron chi connectivity index (χ2n) is 4.98. The van der Waals surface area contributed by atoms with Gasteiger partial charge in [0.25, 0.3) is 0 Å². The summed E-state index contributed by atoms with van der Waals surface area (Å²) >= 11 is 9.31. The molecule has 0 aliphatic heterocycles. The van der Waals surface area contributed by atoms with Crippen LogP contribution in [-0.2, 0) is 11.2 Å². The monoisotopic (exact) mass is 499 g/mol. The van der Waals surface area contributed by atoms with Crippen LogP contribution < -0.4 is 5.32 Å². The van der Waals surface area contributed by atoms with E-state index in [1.54, 1.807) is 0 Å². The first kappa shape index (κ1) is 20.0. The van der Waals surface area contributed by atoms with E-state index in [0.29, 0.717) is 18.9 Å². The van der Waals surface area contributed by atoms with Gasteiger partial charge in [0.05, 0.1) is 0 Å². The lowest BCUT2D eigenvalue weighted by Crippen LogP contribution is -2.24. The number of benzene rings is 1. The zero-order valence-corrected chi connectivity index (χ0v) is 17.0. The van der Waals surface area contributed by atoms with Gasteiger partial charge in [-0.15, -0.1) is 47.3 Å². The van der Waals surface area contributed by atoms with E-state index in [9.17, 15) is 14.3 Å². The van der Waals surface area contributed by atoms with Gasteiger partial charge in [-0.25, -0.2) is 4.39 Å². The highest BCUT2D eigenvalue weighted by atomic mass is 79.9. The number of amides is 1. The quantitative estimate of drug-likeness (QED) is 0.591. The number of hydrogen-bond acceptors (Lipinski definition) is 2. The standard InChI is InChI=1S/C14H18FNO2.BBr3/c1-2-14(18)16-6-5-9-3-4-10-7-12(15)13(17)8-11(9)10;2-1(3)4/h7-9,17H,2-6H2,1H3,(H,16,18);. The number of carbonyl (C=O) groups excluding carboxylic acids is 1. The number of hydrogen-bond donors (Lipinski definition) is 2. The van der Waals surface area contributed by atoms with Gasteiger partial charge >= 0.3 is 3.18 Å². The fourth-order valence-electron chi connectivity index (χ4n) is 2.51. The van der Waals surface area contributed by atoms with Crippen LogP contribution in [0.2, 0.25) is 0 Å². The van der Waals surface area contributed by atoms with Gasteiger partial charge in [0.2, 0.25) is 5.91 Å². The first-order valence-electron chi connectivity index (χ1n) is 7.05. The van der Waals surface area contributed by atoms with Crippen LogP contribution in [0.25, 0.3) is 0 Å². The highest BCUT2D eigenvalue weighted by molar-refractivity contribution is 9.69. The number of phenols is 1. The van der Waals surface area contributed by atoms with E-state index >= 15 is 0 Å². The molecule has 1 aliphatic rings. The van der Waals surface area contributed by atoms with E-state index in [1.165, 1.54) is 12.1 Å². The molecule has 1 unspecified atom stereocenters. The molecule has 3 nitrogen and oxygen atoms in total. The number of phenolic OH excluding ortho intramolecular Hbond substituents is 1. The van der Waals surface area contributed by atoms with Gasteiger partial charge in [0.15, 0.2) is 11.6 Å². The Morgan fingerprint density at radius 1 is 1.45 bits per heavy atom. The summed E-state index contributed by atoms with van der Waals surface area (Å²) in [6.07, 6.45) is 3.14. The predicted octanol–water partition coefficient (Wildman–Crippen LogP) is 4.63. The lowest BCUT2D eigenvalue weighted by molar-refractivity contribution is -0.120. The van der Waals surface area contributed by atoms with Crippen LogP contribution >= 0.6 is 47.3 Å². The number of rotatable bonds is 4. The minimum Gasteiger partial charge on any atom is -0.505 e. The summed E-state index contributed by atoms with van der Waals surface area (Å²) < 4.78 is 13.5. The van der Waals surface area contributed by atoms with Gasteiger partial charge in [0, 0.05) is 13.0 Å². The fraction of sp³-hybridized carbons (Fsp3) is 0.500. The van der Waals surface area contributed by atoms with Gasteiger partial charge in [-0.05, 0) is 48.4 Å². The summed E-state index contributed by atoms with van der Waals surface area (Å²) in [6, 6.07) is 2.96. The molecule has 1 aliphatic carbocycles. The average Bonchev–Trinajstić information content (AvgIpc) is 2.81. The first-order valence-corrected chi connectivity index (χ1v) is 9.80. The zero-order valence-electron chi connectivity index (χ0n) is 12.2. The molecule has 1 aromatic rings. The van der Waals surface area contributed by atoms with E-state index in [0.717, 1.165) is 30.4 Å². The largest absolute Gasteiger partial charge is 0.505 e. The van der Waals surface area contributed by atoms with Gasteiger partial charge in [-0.3, -0.25) is 4.79 Å². The number of aromatic hydroxyl groups is 1. The van der Waals surface area contributed by atoms with Crippen molar-refractivity contribution < 1.29 is 14.3 Å². The number of halogens is 4. The molecule has 0 bridgehead atoms. The van der Waals surface area contributed by atoms with Crippen LogP contribution in [0.5, 0.6) is 5.75 Å². The number of carbonyl (C=O) groups is 1. The van der Waals surface area contributed by atoms with E-state index in [-0.39, 0.29) is 14.8 Å². The van der Waals surface area contributed by atoms with Crippen LogP contribution in [0.15, 0.2) is 12.1 Å². The van der Waals surface area contributed by atoms with Crippen LogP contribution in [-0.4, -0.2) is 20.7 Å². The van der Waals surface area contributed by atoms with E-state index in [4.69, 9.17) is 0 Å². The molecule has 0 saturated heterocycles. The normalized spacial score (nSPS) is 15.6. The Morgan fingerprint density at radius 3 is 2.68 bits per heavy atom. The highest BCUT2D eigenvalue weighted by Crippen LogP contribution is 2.38. The minimum atomic E-state index is -0.548. The van der Waals surface area contributed by atoms with E-state index in [2.05, 4.69) is 52.6 Å². The Bertz CT molecular complexity index is 514. The fourth-order valence-corrected chi connectivity index (χ4v) is 2.51. The summed E-state index contributed by atoms with van der Waals surface area (Å²) in [5, 5.41) is 12.2. The van der Waals surface area contributed by atoms with E-state index in [1.807, 2.05) is 6.92 Å². The molecule has 122 valence electrons. The molecule has 1 atom stereocenters. The molecule has 8 heteroatoms. The third-order valence-electron chi connectivity index (χ3n) is 3.55. The Hall–Kier alpha value is -0.0751. The molecule has 22 heavy (non-hydrogen) atoms. The lowest BCUT2D eigenvalue weighted by Gasteiger charge is -2.12. The van der Waals surface area contributed by atoms with Crippen molar-refractivity contribution >= 4 is 56.4 Å². The van der Waals surface area contributed by atoms with Gasteiger partial charge in [-0.2, -0.15) is 0 Å². The average molecular weight is 502 g/mol. The third-order valence-corrected chi connectivity index (χ3v) is 3.55. The van der Waals surface area contributed by atoms with Crippen molar-refractivity contribution in [2.45, 2.75) is 38.5 Å². The highest BCUT2D eigenvalue weighted by Gasteiger charge is 2.24. The molecule has 0 radical (unpaired) electrons. The van der Waals surface area contributed by atoms with Crippen molar-refractivity contribution in [1.82, 2.24) is 5.32 Å². The maximum Gasteiger partial charge on any atom is 0.369 e. The van der Waals surface area contributed by atoms with Crippen LogP contribution in [0.3, 0.4) is 0 Å². The summed E-state index contributed by atoms with van der Waals surface area (Å²) in [4.78, 5) is 11.1. The van der Waals surface area contributed by atoms with Crippen LogP contribution in [0.1, 0.15) is 43.2 Å². The van der Waals surface area contributed by atoms with E-state index < -0.39 is 5.82 Å². The van der Waals surface area contributed by atoms with Crippen molar-refractivity contribution in [3.63, 3.8) is 0 Å². The number of nitrogens with one attached hydrogen (secondary N) is 1. The molecule has 0 heterocycles. The lowest BCUT2D eigenvalue weighted by atomic mass is 9.97. The minimum absolute atomic E-state index is 0.0511. The molecule has 0 spiro atoms. The van der Waals surface area contributed by atoms with Gasteiger partial charge in [-0.1, -0.05) is 6.92 Å². The Balaban J connectivity index is 0.000000541. The number of fused-ring (bicyclic) bond motifs is 1. The molecule has 2 rings (SSSR count). The maximum absolute atomic E-state index is 13.2. The number of aryl methyl sites for hydroxylation is 1. The third kappa shape index (κ3) is 6.58. The summed E-state index contributed by atoms with van der Waals surface area (Å²) in [5.74, 6) is -0.467. The predicted molar refractivity (Wildman–Crippen MR) is 99.6 cm³/mol. The molecule has 0 aromatic heterocycles. The summed E-state index contributed by atoms with van der Waals surface area (Å²) in [5.41, 5.74) is 2.01. The Morgan fingerprint density at radius 2 is 2.09 bits per heavy atom. The van der Waals surface area contributed by atoms with Gasteiger partial charge < -0.3 is 10.4 Å². The second-order valence-corrected chi connectivity index (χ2v) is 11.4. The smallest absolute Gasteiger partial charge is 0.369 e. The maximum atomic E-state index is 13.2. The van der Waals surface area contributed by atoms with Crippen molar-refractivity contribution in [3.05, 3.63) is 29.1 Å². The molecular weight excluding hydrogens is 484 g/mol. The van der Waals surface area contributed by atoms with Crippen molar-refractivity contribution in [2.24, 2.45) is 0 Å². The SMILES string of the molecule is BrB(Br)Br.CCC(=O)NCCC1CCc2cc(F)c(O)cc21. The summed E-state index contributed by atoms with van der Waals surface area (Å²) in [6.45, 7) is 2.45. The molecule has 1 aromatic carbocycles. The molecule has 1 amide bonds. The Kier molecular flexibility index (Phi) is 9.01. The van der Waals surface area contributed by atoms with Crippen molar-refractivity contribution in [1.29, 1.82) is 0 Å². The van der Waals surface area contributed by atoms with Gasteiger partial charge in [0.1, 0.15) is 0 Å². The van der Waals surface area contributed by atoms with Crippen LogP contribution in [0.4, 0.5) is 4.39 Å². The van der Waals surface area contributed by atoms with Crippen molar-refractivity contribution in [2.75, 3.05) is 6.54 Å². The second kappa shape index (κ2) is 9.93. The summed E-state index contributed by atoms with van der Waals surface area (Å²) in [7, 11) is 0. The Labute approximate surface area is 155 Å². The molecule has 0 fully saturated rings. The zero-order chi connectivity index (χ0) is 16.7. The molecule has 0 saturated carbocycles.